The van der Waals surface area contributed by atoms with Crippen LogP contribution >= 0.6 is 0 Å². The van der Waals surface area contributed by atoms with Crippen molar-refractivity contribution in [2.24, 2.45) is 0 Å². The Morgan fingerprint density at radius 2 is 1.29 bits per heavy atom. The summed E-state index contributed by atoms with van der Waals surface area (Å²) < 4.78 is 5.44. The molecule has 3 aromatic rings. The molecule has 5 heteroatoms. The number of amides is 1. The highest BCUT2D eigenvalue weighted by Crippen LogP contribution is 2.24. The van der Waals surface area contributed by atoms with Crippen LogP contribution in [0.25, 0.3) is 0 Å². The van der Waals surface area contributed by atoms with Gasteiger partial charge >= 0.3 is 12.1 Å². The molecule has 1 amide bonds. The Morgan fingerprint density at radius 1 is 0.786 bits per heavy atom. The first-order chi connectivity index (χ1) is 13.6. The number of carboxylic acid groups (broad SMARTS) is 1. The molecule has 0 spiro atoms. The van der Waals surface area contributed by atoms with Crippen LogP contribution in [-0.2, 0) is 22.7 Å². The van der Waals surface area contributed by atoms with E-state index >= 15 is 0 Å². The van der Waals surface area contributed by atoms with Gasteiger partial charge in [0, 0.05) is 0 Å². The number of nitrogens with zero attached hydrogens (tertiary/aromatic N) is 1. The second-order valence-electron chi connectivity index (χ2n) is 6.31. The van der Waals surface area contributed by atoms with Gasteiger partial charge < -0.3 is 9.84 Å². The lowest BCUT2D eigenvalue weighted by Gasteiger charge is -2.28. The first kappa shape index (κ1) is 19.2. The summed E-state index contributed by atoms with van der Waals surface area (Å²) >= 11 is 0. The number of aliphatic carboxylic acids is 1. The average Bonchev–Trinajstić information content (AvgIpc) is 2.73. The minimum Gasteiger partial charge on any atom is -0.479 e. The van der Waals surface area contributed by atoms with Gasteiger partial charge in [0.05, 0.1) is 6.54 Å². The standard InChI is InChI=1S/C23H21NO4/c25-22(26)21(20-14-8-3-9-15-20)24(16-18-10-4-1-5-11-18)23(27)28-17-19-12-6-2-7-13-19/h1-15,21H,16-17H2,(H,25,26)/t21-/m1/s1. The van der Waals surface area contributed by atoms with E-state index < -0.39 is 18.1 Å². The lowest BCUT2D eigenvalue weighted by molar-refractivity contribution is -0.143. The summed E-state index contributed by atoms with van der Waals surface area (Å²) in [5, 5.41) is 9.86. The van der Waals surface area contributed by atoms with Crippen molar-refractivity contribution in [2.75, 3.05) is 0 Å². The summed E-state index contributed by atoms with van der Waals surface area (Å²) in [7, 11) is 0. The van der Waals surface area contributed by atoms with Crippen LogP contribution in [0.5, 0.6) is 0 Å². The second kappa shape index (κ2) is 9.37. The zero-order valence-electron chi connectivity index (χ0n) is 15.3. The van der Waals surface area contributed by atoms with Crippen molar-refractivity contribution in [1.82, 2.24) is 4.90 Å². The van der Waals surface area contributed by atoms with E-state index in [0.717, 1.165) is 11.1 Å². The Kier molecular flexibility index (Phi) is 6.41. The fourth-order valence-corrected chi connectivity index (χ4v) is 2.93. The SMILES string of the molecule is O=C(O)[C@@H](c1ccccc1)N(Cc1ccccc1)C(=O)OCc1ccccc1. The van der Waals surface area contributed by atoms with Crippen LogP contribution in [0.15, 0.2) is 91.0 Å². The Bertz CT molecular complexity index is 898. The molecule has 3 aromatic carbocycles. The first-order valence-electron chi connectivity index (χ1n) is 8.94. The maximum atomic E-state index is 12.9. The van der Waals surface area contributed by atoms with Crippen LogP contribution in [-0.4, -0.2) is 22.1 Å². The quantitative estimate of drug-likeness (QED) is 0.653. The number of benzene rings is 3. The fraction of sp³-hybridized carbons (Fsp3) is 0.130. The minimum absolute atomic E-state index is 0.0755. The van der Waals surface area contributed by atoms with E-state index in [1.807, 2.05) is 60.7 Å². The highest BCUT2D eigenvalue weighted by Gasteiger charge is 2.32. The molecule has 0 saturated heterocycles. The molecule has 142 valence electrons. The van der Waals surface area contributed by atoms with Gasteiger partial charge in [-0.25, -0.2) is 9.59 Å². The summed E-state index contributed by atoms with van der Waals surface area (Å²) in [6, 6.07) is 26.1. The third kappa shape index (κ3) is 4.98. The van der Waals surface area contributed by atoms with Gasteiger partial charge in [0.15, 0.2) is 6.04 Å². The largest absolute Gasteiger partial charge is 0.479 e. The van der Waals surface area contributed by atoms with Crippen LogP contribution in [0, 0.1) is 0 Å². The van der Waals surface area contributed by atoms with Crippen molar-refractivity contribution in [3.05, 3.63) is 108 Å². The van der Waals surface area contributed by atoms with E-state index in [1.54, 1.807) is 30.3 Å². The van der Waals surface area contributed by atoms with E-state index in [1.165, 1.54) is 4.90 Å². The molecule has 0 aliphatic rings. The van der Waals surface area contributed by atoms with Crippen molar-refractivity contribution < 1.29 is 19.4 Å². The minimum atomic E-state index is -1.15. The van der Waals surface area contributed by atoms with Crippen molar-refractivity contribution in [3.63, 3.8) is 0 Å². The van der Waals surface area contributed by atoms with Gasteiger partial charge in [-0.1, -0.05) is 91.0 Å². The topological polar surface area (TPSA) is 66.8 Å². The molecule has 1 N–H and O–H groups in total. The normalized spacial score (nSPS) is 11.4. The first-order valence-corrected chi connectivity index (χ1v) is 8.94. The number of hydrogen-bond acceptors (Lipinski definition) is 3. The molecule has 0 aliphatic heterocycles. The fourth-order valence-electron chi connectivity index (χ4n) is 2.93. The molecular formula is C23H21NO4. The Balaban J connectivity index is 1.86. The van der Waals surface area contributed by atoms with Gasteiger partial charge in [0.1, 0.15) is 6.61 Å². The number of carbonyl (C=O) groups is 2. The van der Waals surface area contributed by atoms with E-state index in [4.69, 9.17) is 4.74 Å². The molecule has 0 unspecified atom stereocenters. The highest BCUT2D eigenvalue weighted by atomic mass is 16.6. The zero-order chi connectivity index (χ0) is 19.8. The molecule has 0 radical (unpaired) electrons. The van der Waals surface area contributed by atoms with E-state index in [0.29, 0.717) is 5.56 Å². The van der Waals surface area contributed by atoms with Crippen LogP contribution in [0.4, 0.5) is 4.79 Å². The predicted octanol–water partition coefficient (Wildman–Crippen LogP) is 4.65. The van der Waals surface area contributed by atoms with Gasteiger partial charge in [-0.2, -0.15) is 0 Å². The summed E-state index contributed by atoms with van der Waals surface area (Å²) in [5.74, 6) is -1.11. The Morgan fingerprint density at radius 3 is 1.82 bits per heavy atom. The predicted molar refractivity (Wildman–Crippen MR) is 105 cm³/mol. The van der Waals surface area contributed by atoms with Gasteiger partial charge in [-0.3, -0.25) is 4.90 Å². The van der Waals surface area contributed by atoms with Crippen molar-refractivity contribution in [3.8, 4) is 0 Å². The van der Waals surface area contributed by atoms with Crippen molar-refractivity contribution in [2.45, 2.75) is 19.2 Å². The molecule has 0 aliphatic carbocycles. The van der Waals surface area contributed by atoms with E-state index in [2.05, 4.69) is 0 Å². The smallest absolute Gasteiger partial charge is 0.411 e. The number of hydrogen-bond donors (Lipinski definition) is 1. The second-order valence-corrected chi connectivity index (χ2v) is 6.31. The number of carbonyl (C=O) groups excluding carboxylic acids is 1. The van der Waals surface area contributed by atoms with Gasteiger partial charge in [0.25, 0.3) is 0 Å². The maximum Gasteiger partial charge on any atom is 0.411 e. The highest BCUT2D eigenvalue weighted by molar-refractivity contribution is 5.81. The lowest BCUT2D eigenvalue weighted by atomic mass is 10.0. The van der Waals surface area contributed by atoms with E-state index in [-0.39, 0.29) is 13.2 Å². The summed E-state index contributed by atoms with van der Waals surface area (Å²) in [6.07, 6.45) is -0.677. The van der Waals surface area contributed by atoms with E-state index in [9.17, 15) is 14.7 Å². The molecule has 3 rings (SSSR count). The number of rotatable bonds is 7. The monoisotopic (exact) mass is 375 g/mol. The molecular weight excluding hydrogens is 354 g/mol. The zero-order valence-corrected chi connectivity index (χ0v) is 15.3. The average molecular weight is 375 g/mol. The third-order valence-corrected chi connectivity index (χ3v) is 4.30. The summed E-state index contributed by atoms with van der Waals surface area (Å²) in [5.41, 5.74) is 2.17. The maximum absolute atomic E-state index is 12.9. The van der Waals surface area contributed by atoms with Gasteiger partial charge in [-0.15, -0.1) is 0 Å². The van der Waals surface area contributed by atoms with Gasteiger partial charge in [0.2, 0.25) is 0 Å². The molecule has 0 fully saturated rings. The van der Waals surface area contributed by atoms with Crippen molar-refractivity contribution >= 4 is 12.1 Å². The number of ether oxygens (including phenoxy) is 1. The molecule has 0 bridgehead atoms. The molecule has 0 saturated carbocycles. The Hall–Kier alpha value is -3.60. The molecule has 28 heavy (non-hydrogen) atoms. The molecule has 5 nitrogen and oxygen atoms in total. The van der Waals surface area contributed by atoms with Gasteiger partial charge in [-0.05, 0) is 16.7 Å². The van der Waals surface area contributed by atoms with Crippen LogP contribution < -0.4 is 0 Å². The van der Waals surface area contributed by atoms with Crippen LogP contribution in [0.1, 0.15) is 22.7 Å². The molecule has 1 atom stereocenters. The number of carboxylic acids is 1. The van der Waals surface area contributed by atoms with Crippen molar-refractivity contribution in [1.29, 1.82) is 0 Å². The third-order valence-electron chi connectivity index (χ3n) is 4.30. The molecule has 0 heterocycles. The summed E-state index contributed by atoms with van der Waals surface area (Å²) in [4.78, 5) is 26.2. The molecule has 0 aromatic heterocycles. The lowest BCUT2D eigenvalue weighted by Crippen LogP contribution is -2.38. The van der Waals surface area contributed by atoms with Crippen LogP contribution in [0.3, 0.4) is 0 Å². The summed E-state index contributed by atoms with van der Waals surface area (Å²) in [6.45, 7) is 0.201. The van der Waals surface area contributed by atoms with Crippen LogP contribution in [0.2, 0.25) is 0 Å². The Labute approximate surface area is 163 Å².